The van der Waals surface area contributed by atoms with Crippen molar-refractivity contribution in [3.63, 3.8) is 0 Å². The van der Waals surface area contributed by atoms with Gasteiger partial charge in [-0.25, -0.2) is 0 Å². The number of hydrogen-bond acceptors (Lipinski definition) is 5. The first kappa shape index (κ1) is 32.1. The molecule has 5 rings (SSSR count). The molecule has 230 valence electrons. The van der Waals surface area contributed by atoms with Gasteiger partial charge in [-0.15, -0.1) is 0 Å². The fourth-order valence-corrected chi connectivity index (χ4v) is 19.1. The molecular formula is C34H35IN2O5S2. The van der Waals surface area contributed by atoms with Gasteiger partial charge in [0.1, 0.15) is 0 Å². The van der Waals surface area contributed by atoms with Crippen LogP contribution in [-0.2, 0) is 20.0 Å². The molecule has 0 aliphatic rings. The Balaban J connectivity index is 1.93. The van der Waals surface area contributed by atoms with E-state index in [1.54, 1.807) is 60.0 Å². The van der Waals surface area contributed by atoms with Gasteiger partial charge in [0.25, 0.3) is 0 Å². The normalized spacial score (nSPS) is 12.9. The monoisotopic (exact) mass is 742 g/mol. The van der Waals surface area contributed by atoms with Gasteiger partial charge in [-0.2, -0.15) is 0 Å². The van der Waals surface area contributed by atoms with Crippen LogP contribution in [0.25, 0.3) is 10.9 Å². The molecule has 4 aromatic carbocycles. The summed E-state index contributed by atoms with van der Waals surface area (Å²) in [6.45, 7) is 10.9. The van der Waals surface area contributed by atoms with Crippen LogP contribution in [0.2, 0.25) is 0 Å². The van der Waals surface area contributed by atoms with Gasteiger partial charge in [-0.3, -0.25) is 0 Å². The molecule has 1 heterocycles. The molecule has 44 heavy (non-hydrogen) atoms. The SMILES string of the molecule is Cc1ccc(S(=O)(=O)N(I(c2ccccc2)c2c(C)n(C(=O)C(C)(C)C)c3ccccc23)S(=O)(=O)c2ccc(C)cc2)cc1. The van der Waals surface area contributed by atoms with Crippen LogP contribution in [0.15, 0.2) is 113 Å². The third kappa shape index (κ3) is 5.76. The number of rotatable bonds is 7. The van der Waals surface area contributed by atoms with Crippen molar-refractivity contribution in [1.82, 2.24) is 6.49 Å². The molecule has 0 bridgehead atoms. The molecule has 0 unspecified atom stereocenters. The Morgan fingerprint density at radius 1 is 0.659 bits per heavy atom. The van der Waals surface area contributed by atoms with Crippen LogP contribution >= 0.6 is 20.1 Å². The number of nitrogens with zero attached hydrogens (tertiary/aromatic N) is 2. The Kier molecular flexibility index (Phi) is 8.67. The van der Waals surface area contributed by atoms with Crippen molar-refractivity contribution in [3.8, 4) is 0 Å². The topological polar surface area (TPSA) is 93.5 Å². The van der Waals surface area contributed by atoms with E-state index in [0.29, 0.717) is 23.7 Å². The average Bonchev–Trinajstić information content (AvgIpc) is 3.26. The zero-order valence-corrected chi connectivity index (χ0v) is 29.2. The Bertz CT molecular complexity index is 1990. The van der Waals surface area contributed by atoms with Crippen LogP contribution in [0.4, 0.5) is 0 Å². The van der Waals surface area contributed by atoms with Crippen molar-refractivity contribution in [2.45, 2.75) is 51.3 Å². The summed E-state index contributed by atoms with van der Waals surface area (Å²) in [4.78, 5) is 13.6. The molecule has 0 aliphatic heterocycles. The van der Waals surface area contributed by atoms with Crippen molar-refractivity contribution in [3.05, 3.63) is 127 Å². The molecule has 0 fully saturated rings. The molecule has 10 heteroatoms. The summed E-state index contributed by atoms with van der Waals surface area (Å²) in [5.41, 5.74) is 2.07. The molecule has 0 radical (unpaired) electrons. The third-order valence-corrected chi connectivity index (χ3v) is 20.9. The summed E-state index contributed by atoms with van der Waals surface area (Å²) in [5.74, 6) is -0.171. The minimum absolute atomic E-state index is 0.121. The fourth-order valence-electron chi connectivity index (χ4n) is 4.84. The van der Waals surface area contributed by atoms with Crippen molar-refractivity contribution in [2.24, 2.45) is 5.41 Å². The van der Waals surface area contributed by atoms with Crippen molar-refractivity contribution < 1.29 is 21.6 Å². The molecule has 0 atom stereocenters. The number of halogens is 1. The second kappa shape index (κ2) is 11.9. The minimum atomic E-state index is -4.63. The van der Waals surface area contributed by atoms with E-state index in [4.69, 9.17) is 0 Å². The number of fused-ring (bicyclic) bond motifs is 1. The molecule has 7 nitrogen and oxygen atoms in total. The first-order chi connectivity index (χ1) is 20.7. The fraction of sp³-hybridized carbons (Fsp3) is 0.206. The number of hydrogen-bond donors (Lipinski definition) is 0. The quantitative estimate of drug-likeness (QED) is 0.125. The molecule has 5 aromatic rings. The van der Waals surface area contributed by atoms with Gasteiger partial charge in [0.2, 0.25) is 0 Å². The van der Waals surface area contributed by atoms with Crippen molar-refractivity contribution in [1.29, 1.82) is 0 Å². The summed E-state index contributed by atoms with van der Waals surface area (Å²) in [5, 5.41) is 0.653. The van der Waals surface area contributed by atoms with E-state index in [1.807, 2.05) is 65.0 Å². The van der Waals surface area contributed by atoms with Crippen molar-refractivity contribution in [2.75, 3.05) is 0 Å². The molecule has 0 N–H and O–H groups in total. The van der Waals surface area contributed by atoms with Crippen LogP contribution in [0.5, 0.6) is 0 Å². The molecular weight excluding hydrogens is 707 g/mol. The predicted octanol–water partition coefficient (Wildman–Crippen LogP) is 7.79. The van der Waals surface area contributed by atoms with E-state index in [2.05, 4.69) is 0 Å². The van der Waals surface area contributed by atoms with Gasteiger partial charge in [0, 0.05) is 0 Å². The van der Waals surface area contributed by atoms with Gasteiger partial charge in [-0.05, 0) is 0 Å². The summed E-state index contributed by atoms with van der Waals surface area (Å²) >= 11 is -3.73. The molecule has 0 aliphatic carbocycles. The van der Waals surface area contributed by atoms with Gasteiger partial charge < -0.3 is 0 Å². The Labute approximate surface area is 267 Å². The molecule has 1 aromatic heterocycles. The number of aromatic nitrogens is 1. The van der Waals surface area contributed by atoms with E-state index in [0.717, 1.165) is 13.1 Å². The zero-order chi connectivity index (χ0) is 32.0. The Hall–Kier alpha value is -3.32. The maximum absolute atomic E-state index is 14.8. The standard InChI is InChI=1S/C34H35IN2O5S2/c1-24-16-20-28(21-17-24)43(39,40)37(44(41,42)29-22-18-25(2)19-23-29)35(27-12-8-7-9-13-27)32-26(3)36(33(38)34(4,5)6)31-15-11-10-14-30(31)32/h7-23H,1-6H3. The van der Waals surface area contributed by atoms with Gasteiger partial charge in [0.05, 0.1) is 0 Å². The first-order valence-corrected chi connectivity index (χ1v) is 20.0. The summed E-state index contributed by atoms with van der Waals surface area (Å²) in [6.07, 6.45) is 0. The number of aryl methyl sites for hydroxylation is 2. The number of benzene rings is 4. The first-order valence-electron chi connectivity index (χ1n) is 14.0. The molecule has 0 saturated heterocycles. The van der Waals surface area contributed by atoms with Gasteiger partial charge in [-0.1, -0.05) is 0 Å². The van der Waals surface area contributed by atoms with Crippen LogP contribution in [0, 0.1) is 33.3 Å². The van der Waals surface area contributed by atoms with Crippen molar-refractivity contribution >= 4 is 56.9 Å². The number of sulfonamides is 2. The van der Waals surface area contributed by atoms with Crippen LogP contribution in [-0.4, -0.2) is 29.2 Å². The number of para-hydroxylation sites is 1. The Morgan fingerprint density at radius 3 is 1.59 bits per heavy atom. The van der Waals surface area contributed by atoms with Gasteiger partial charge in [0.15, 0.2) is 0 Å². The summed E-state index contributed by atoms with van der Waals surface area (Å²) in [6, 6.07) is 28.7. The summed E-state index contributed by atoms with van der Waals surface area (Å²) < 4.78 is 62.7. The Morgan fingerprint density at radius 2 is 1.11 bits per heavy atom. The van der Waals surface area contributed by atoms with Crippen LogP contribution < -0.4 is 0 Å². The second-order valence-electron chi connectivity index (χ2n) is 11.7. The van der Waals surface area contributed by atoms with E-state index in [9.17, 15) is 21.6 Å². The third-order valence-electron chi connectivity index (χ3n) is 7.15. The van der Waals surface area contributed by atoms with E-state index in [-0.39, 0.29) is 15.7 Å². The number of carbonyl (C=O) groups excluding carboxylic acids is 1. The molecule has 0 amide bonds. The second-order valence-corrected chi connectivity index (χ2v) is 21.6. The summed E-state index contributed by atoms with van der Waals surface area (Å²) in [7, 11) is -9.27. The number of carbonyl (C=O) groups is 1. The van der Waals surface area contributed by atoms with E-state index >= 15 is 0 Å². The van der Waals surface area contributed by atoms with E-state index < -0.39 is 45.6 Å². The molecule has 0 saturated carbocycles. The predicted molar refractivity (Wildman–Crippen MR) is 183 cm³/mol. The zero-order valence-electron chi connectivity index (χ0n) is 25.4. The van der Waals surface area contributed by atoms with E-state index in [1.165, 1.54) is 24.3 Å². The average molecular weight is 743 g/mol. The van der Waals surface area contributed by atoms with Crippen LogP contribution in [0.1, 0.15) is 42.4 Å². The van der Waals surface area contributed by atoms with Crippen LogP contribution in [0.3, 0.4) is 0 Å². The van der Waals surface area contributed by atoms with Gasteiger partial charge >= 0.3 is 269 Å². The maximum atomic E-state index is 14.8. The molecule has 0 spiro atoms.